The molecule has 0 aliphatic carbocycles. The second-order valence-electron chi connectivity index (χ2n) is 6.10. The highest BCUT2D eigenvalue weighted by atomic mass is 79.9. The zero-order valence-electron chi connectivity index (χ0n) is 15.6. The summed E-state index contributed by atoms with van der Waals surface area (Å²) in [5, 5.41) is 4.08. The van der Waals surface area contributed by atoms with Gasteiger partial charge in [-0.15, -0.1) is 0 Å². The summed E-state index contributed by atoms with van der Waals surface area (Å²) in [6, 6.07) is 13.6. The van der Waals surface area contributed by atoms with Crippen molar-refractivity contribution in [2.75, 3.05) is 20.8 Å². The number of halogens is 1. The Bertz CT molecular complexity index is 880. The van der Waals surface area contributed by atoms with E-state index in [-0.39, 0.29) is 0 Å². The van der Waals surface area contributed by atoms with Crippen molar-refractivity contribution in [3.05, 3.63) is 58.4 Å². The van der Waals surface area contributed by atoms with Crippen LogP contribution < -0.4 is 9.47 Å². The molecule has 0 aliphatic heterocycles. The van der Waals surface area contributed by atoms with Crippen LogP contribution in [0, 0.1) is 0 Å². The second kappa shape index (κ2) is 9.01. The molecule has 0 fully saturated rings. The maximum Gasteiger partial charge on any atom is 0.241 e. The van der Waals surface area contributed by atoms with Gasteiger partial charge in [0.1, 0.15) is 11.5 Å². The first kappa shape index (κ1) is 19.4. The Hall–Kier alpha value is -2.38. The third-order valence-electron chi connectivity index (χ3n) is 3.98. The Morgan fingerprint density at radius 1 is 1.11 bits per heavy atom. The van der Waals surface area contributed by atoms with E-state index < -0.39 is 0 Å². The summed E-state index contributed by atoms with van der Waals surface area (Å²) in [6.45, 7) is 3.84. The second-order valence-corrected chi connectivity index (χ2v) is 7.01. The summed E-state index contributed by atoms with van der Waals surface area (Å²) in [5.74, 6) is 2.81. The Morgan fingerprint density at radius 3 is 2.59 bits per heavy atom. The van der Waals surface area contributed by atoms with Crippen LogP contribution in [0.4, 0.5) is 0 Å². The van der Waals surface area contributed by atoms with Gasteiger partial charge in [-0.2, -0.15) is 4.98 Å². The zero-order valence-corrected chi connectivity index (χ0v) is 17.2. The summed E-state index contributed by atoms with van der Waals surface area (Å²) in [7, 11) is 3.68. The third kappa shape index (κ3) is 5.08. The lowest BCUT2D eigenvalue weighted by Crippen LogP contribution is -2.18. The highest BCUT2D eigenvalue weighted by Crippen LogP contribution is 2.25. The van der Waals surface area contributed by atoms with Crippen molar-refractivity contribution < 1.29 is 14.0 Å². The molecule has 3 aromatic rings. The van der Waals surface area contributed by atoms with Gasteiger partial charge in [-0.3, -0.25) is 4.90 Å². The maximum atomic E-state index is 5.45. The first-order valence-electron chi connectivity index (χ1n) is 8.65. The van der Waals surface area contributed by atoms with Gasteiger partial charge in [-0.1, -0.05) is 21.1 Å². The first-order chi connectivity index (χ1) is 13.1. The predicted molar refractivity (Wildman–Crippen MR) is 107 cm³/mol. The molecule has 7 heteroatoms. The van der Waals surface area contributed by atoms with Crippen LogP contribution in [0.25, 0.3) is 11.4 Å². The van der Waals surface area contributed by atoms with Crippen LogP contribution in [0.2, 0.25) is 0 Å². The quantitative estimate of drug-likeness (QED) is 0.521. The fourth-order valence-electron chi connectivity index (χ4n) is 2.75. The van der Waals surface area contributed by atoms with Gasteiger partial charge in [-0.25, -0.2) is 0 Å². The summed E-state index contributed by atoms with van der Waals surface area (Å²) < 4.78 is 17.3. The van der Waals surface area contributed by atoms with Crippen molar-refractivity contribution in [1.82, 2.24) is 15.0 Å². The van der Waals surface area contributed by atoms with Crippen molar-refractivity contribution in [1.29, 1.82) is 0 Å². The number of aromatic nitrogens is 2. The summed E-state index contributed by atoms with van der Waals surface area (Å²) in [4.78, 5) is 6.59. The SMILES string of the molecule is CCOc1ccc(-c2noc(CN(C)Cc3cc(Br)ccc3OC)n2)cc1. The minimum Gasteiger partial charge on any atom is -0.496 e. The normalized spacial score (nSPS) is 11.0. The van der Waals surface area contributed by atoms with Gasteiger partial charge < -0.3 is 14.0 Å². The van der Waals surface area contributed by atoms with E-state index in [1.165, 1.54) is 0 Å². The van der Waals surface area contributed by atoms with E-state index in [9.17, 15) is 0 Å². The summed E-state index contributed by atoms with van der Waals surface area (Å²) >= 11 is 3.50. The lowest BCUT2D eigenvalue weighted by molar-refractivity contribution is 0.257. The monoisotopic (exact) mass is 431 g/mol. The lowest BCUT2D eigenvalue weighted by atomic mass is 10.2. The standard InChI is InChI=1S/C20H22BrN3O3/c1-4-26-17-8-5-14(6-9-17)20-22-19(27-23-20)13-24(2)12-15-11-16(21)7-10-18(15)25-3/h5-11H,4,12-13H2,1-3H3. The largest absolute Gasteiger partial charge is 0.496 e. The fraction of sp³-hybridized carbons (Fsp3) is 0.300. The molecule has 1 heterocycles. The molecule has 3 rings (SSSR count). The minimum absolute atomic E-state index is 0.541. The Labute approximate surface area is 167 Å². The molecule has 0 N–H and O–H groups in total. The minimum atomic E-state index is 0.541. The van der Waals surface area contributed by atoms with Crippen molar-refractivity contribution in [2.24, 2.45) is 0 Å². The molecule has 0 spiro atoms. The van der Waals surface area contributed by atoms with E-state index in [2.05, 4.69) is 37.0 Å². The van der Waals surface area contributed by atoms with Gasteiger partial charge in [0.05, 0.1) is 20.3 Å². The van der Waals surface area contributed by atoms with Crippen molar-refractivity contribution >= 4 is 15.9 Å². The molecule has 142 valence electrons. The average molecular weight is 432 g/mol. The van der Waals surface area contributed by atoms with Crippen molar-refractivity contribution in [2.45, 2.75) is 20.0 Å². The fourth-order valence-corrected chi connectivity index (χ4v) is 3.16. The molecule has 0 amide bonds. The number of rotatable bonds is 8. The van der Waals surface area contributed by atoms with Crippen LogP contribution in [0.3, 0.4) is 0 Å². The van der Waals surface area contributed by atoms with Crippen molar-refractivity contribution in [3.8, 4) is 22.9 Å². The Balaban J connectivity index is 1.66. The van der Waals surface area contributed by atoms with Crippen molar-refractivity contribution in [3.63, 3.8) is 0 Å². The molecule has 27 heavy (non-hydrogen) atoms. The van der Waals surface area contributed by atoms with Crippen LogP contribution in [-0.4, -0.2) is 35.8 Å². The van der Waals surface area contributed by atoms with Gasteiger partial charge in [0.25, 0.3) is 0 Å². The molecule has 0 atom stereocenters. The van der Waals surface area contributed by atoms with E-state index in [0.29, 0.717) is 31.4 Å². The highest BCUT2D eigenvalue weighted by Gasteiger charge is 2.13. The Morgan fingerprint density at radius 2 is 1.89 bits per heavy atom. The number of benzene rings is 2. The van der Waals surface area contributed by atoms with Crippen LogP contribution in [-0.2, 0) is 13.1 Å². The molecule has 1 aromatic heterocycles. The molecule has 0 aliphatic rings. The third-order valence-corrected chi connectivity index (χ3v) is 4.47. The van der Waals surface area contributed by atoms with Gasteiger partial charge >= 0.3 is 0 Å². The molecule has 0 unspecified atom stereocenters. The average Bonchev–Trinajstić information content (AvgIpc) is 3.11. The maximum absolute atomic E-state index is 5.45. The van der Waals surface area contributed by atoms with E-state index in [1.807, 2.05) is 50.4 Å². The number of ether oxygens (including phenoxy) is 2. The molecule has 0 bridgehead atoms. The van der Waals surface area contributed by atoms with E-state index in [1.54, 1.807) is 7.11 Å². The van der Waals surface area contributed by atoms with Gasteiger partial charge in [0.15, 0.2) is 0 Å². The number of methoxy groups -OCH3 is 1. The van der Waals surface area contributed by atoms with E-state index in [0.717, 1.165) is 27.1 Å². The summed E-state index contributed by atoms with van der Waals surface area (Å²) in [6.07, 6.45) is 0. The first-order valence-corrected chi connectivity index (χ1v) is 9.45. The highest BCUT2D eigenvalue weighted by molar-refractivity contribution is 9.10. The molecule has 0 radical (unpaired) electrons. The lowest BCUT2D eigenvalue weighted by Gasteiger charge is -2.16. The summed E-state index contributed by atoms with van der Waals surface area (Å²) in [5.41, 5.74) is 1.98. The van der Waals surface area contributed by atoms with Gasteiger partial charge in [0.2, 0.25) is 11.7 Å². The predicted octanol–water partition coefficient (Wildman–Crippen LogP) is 4.54. The molecule has 2 aromatic carbocycles. The molecular formula is C20H22BrN3O3. The topological polar surface area (TPSA) is 60.6 Å². The number of hydrogen-bond acceptors (Lipinski definition) is 6. The van der Waals surface area contributed by atoms with E-state index >= 15 is 0 Å². The number of hydrogen-bond donors (Lipinski definition) is 0. The van der Waals surface area contributed by atoms with Gasteiger partial charge in [-0.05, 0) is 56.4 Å². The van der Waals surface area contributed by atoms with Crippen LogP contribution >= 0.6 is 15.9 Å². The van der Waals surface area contributed by atoms with Gasteiger partial charge in [0, 0.05) is 22.1 Å². The van der Waals surface area contributed by atoms with Crippen LogP contribution in [0.15, 0.2) is 51.5 Å². The van der Waals surface area contributed by atoms with Crippen LogP contribution in [0.5, 0.6) is 11.5 Å². The number of nitrogens with zero attached hydrogens (tertiary/aromatic N) is 3. The molecule has 6 nitrogen and oxygen atoms in total. The smallest absolute Gasteiger partial charge is 0.241 e. The molecule has 0 saturated heterocycles. The van der Waals surface area contributed by atoms with E-state index in [4.69, 9.17) is 14.0 Å². The van der Waals surface area contributed by atoms with Crippen LogP contribution in [0.1, 0.15) is 18.4 Å². The Kier molecular flexibility index (Phi) is 6.47. The molecule has 0 saturated carbocycles. The zero-order chi connectivity index (χ0) is 19.2. The molecular weight excluding hydrogens is 410 g/mol.